The van der Waals surface area contributed by atoms with Crippen LogP contribution in [-0.4, -0.2) is 4.92 Å². The SMILES string of the molecule is Nc1cc(OC2CCCc3ccccc32)cc([N+](=O)[O-])c1. The Hall–Kier alpha value is -2.56. The number of hydrogen-bond acceptors (Lipinski definition) is 4. The van der Waals surface area contributed by atoms with Crippen LogP contribution in [0.3, 0.4) is 0 Å². The summed E-state index contributed by atoms with van der Waals surface area (Å²) < 4.78 is 5.97. The molecule has 5 heteroatoms. The van der Waals surface area contributed by atoms with Crippen LogP contribution >= 0.6 is 0 Å². The summed E-state index contributed by atoms with van der Waals surface area (Å²) in [6.45, 7) is 0. The van der Waals surface area contributed by atoms with E-state index in [2.05, 4.69) is 12.1 Å². The van der Waals surface area contributed by atoms with Crippen molar-refractivity contribution in [3.05, 3.63) is 63.7 Å². The van der Waals surface area contributed by atoms with E-state index in [1.165, 1.54) is 17.7 Å². The van der Waals surface area contributed by atoms with Crippen LogP contribution < -0.4 is 10.5 Å². The molecule has 2 aromatic carbocycles. The topological polar surface area (TPSA) is 78.4 Å². The lowest BCUT2D eigenvalue weighted by molar-refractivity contribution is -0.384. The fourth-order valence-electron chi connectivity index (χ4n) is 2.78. The van der Waals surface area contributed by atoms with E-state index in [4.69, 9.17) is 10.5 Å². The third-order valence-electron chi connectivity index (χ3n) is 3.72. The van der Waals surface area contributed by atoms with Gasteiger partial charge in [-0.2, -0.15) is 0 Å². The van der Waals surface area contributed by atoms with E-state index in [0.29, 0.717) is 11.4 Å². The van der Waals surface area contributed by atoms with E-state index in [1.54, 1.807) is 6.07 Å². The average molecular weight is 284 g/mol. The minimum Gasteiger partial charge on any atom is -0.485 e. The second kappa shape index (κ2) is 5.44. The van der Waals surface area contributed by atoms with Gasteiger partial charge in [0.25, 0.3) is 5.69 Å². The fourth-order valence-corrected chi connectivity index (χ4v) is 2.78. The van der Waals surface area contributed by atoms with Crippen molar-refractivity contribution in [3.63, 3.8) is 0 Å². The molecule has 0 spiro atoms. The number of non-ortho nitro benzene ring substituents is 1. The van der Waals surface area contributed by atoms with Crippen molar-refractivity contribution < 1.29 is 9.66 Å². The van der Waals surface area contributed by atoms with Crippen LogP contribution in [-0.2, 0) is 6.42 Å². The molecule has 0 aliphatic heterocycles. The summed E-state index contributed by atoms with van der Waals surface area (Å²) in [5, 5.41) is 10.9. The summed E-state index contributed by atoms with van der Waals surface area (Å²) in [4.78, 5) is 10.4. The summed E-state index contributed by atoms with van der Waals surface area (Å²) >= 11 is 0. The van der Waals surface area contributed by atoms with Crippen LogP contribution in [0.5, 0.6) is 5.75 Å². The van der Waals surface area contributed by atoms with E-state index < -0.39 is 4.92 Å². The van der Waals surface area contributed by atoms with Crippen molar-refractivity contribution in [1.82, 2.24) is 0 Å². The van der Waals surface area contributed by atoms with Crippen molar-refractivity contribution in [3.8, 4) is 5.75 Å². The number of fused-ring (bicyclic) bond motifs is 1. The fraction of sp³-hybridized carbons (Fsp3) is 0.250. The first-order valence-electron chi connectivity index (χ1n) is 6.93. The van der Waals surface area contributed by atoms with Gasteiger partial charge in [-0.05, 0) is 30.4 Å². The lowest BCUT2D eigenvalue weighted by Crippen LogP contribution is -2.15. The molecule has 0 amide bonds. The third kappa shape index (κ3) is 2.81. The molecule has 0 bridgehead atoms. The van der Waals surface area contributed by atoms with E-state index in [-0.39, 0.29) is 11.8 Å². The first-order valence-corrected chi connectivity index (χ1v) is 6.93. The van der Waals surface area contributed by atoms with Crippen molar-refractivity contribution >= 4 is 11.4 Å². The summed E-state index contributed by atoms with van der Waals surface area (Å²) in [6, 6.07) is 12.6. The molecule has 0 saturated heterocycles. The Morgan fingerprint density at radius 1 is 1.24 bits per heavy atom. The van der Waals surface area contributed by atoms with Crippen LogP contribution in [0, 0.1) is 10.1 Å². The molecular formula is C16H16N2O3. The second-order valence-corrected chi connectivity index (χ2v) is 5.21. The number of aryl methyl sites for hydroxylation is 1. The van der Waals surface area contributed by atoms with Gasteiger partial charge < -0.3 is 10.5 Å². The van der Waals surface area contributed by atoms with Crippen LogP contribution in [0.4, 0.5) is 11.4 Å². The lowest BCUT2D eigenvalue weighted by atomic mass is 9.89. The molecular weight excluding hydrogens is 268 g/mol. The number of hydrogen-bond donors (Lipinski definition) is 1. The van der Waals surface area contributed by atoms with Crippen LogP contribution in [0.1, 0.15) is 30.1 Å². The normalized spacial score (nSPS) is 17.0. The Morgan fingerprint density at radius 3 is 2.86 bits per heavy atom. The van der Waals surface area contributed by atoms with Gasteiger partial charge in [-0.3, -0.25) is 10.1 Å². The van der Waals surface area contributed by atoms with Gasteiger partial charge >= 0.3 is 0 Å². The maximum Gasteiger partial charge on any atom is 0.275 e. The minimum absolute atomic E-state index is 0.0471. The van der Waals surface area contributed by atoms with Crippen molar-refractivity contribution in [2.24, 2.45) is 0 Å². The second-order valence-electron chi connectivity index (χ2n) is 5.21. The van der Waals surface area contributed by atoms with Gasteiger partial charge in [0, 0.05) is 17.8 Å². The highest BCUT2D eigenvalue weighted by atomic mass is 16.6. The maximum atomic E-state index is 10.9. The number of benzene rings is 2. The summed E-state index contributed by atoms with van der Waals surface area (Å²) in [6.07, 6.45) is 2.93. The van der Waals surface area contributed by atoms with Gasteiger partial charge in [-0.15, -0.1) is 0 Å². The number of nitrogen functional groups attached to an aromatic ring is 1. The Balaban J connectivity index is 1.90. The number of anilines is 1. The highest BCUT2D eigenvalue weighted by molar-refractivity contribution is 5.53. The van der Waals surface area contributed by atoms with Crippen LogP contribution in [0.15, 0.2) is 42.5 Å². The number of ether oxygens (including phenoxy) is 1. The molecule has 1 aliphatic carbocycles. The lowest BCUT2D eigenvalue weighted by Gasteiger charge is -2.26. The van der Waals surface area contributed by atoms with Crippen molar-refractivity contribution in [2.45, 2.75) is 25.4 Å². The van der Waals surface area contributed by atoms with E-state index >= 15 is 0 Å². The van der Waals surface area contributed by atoms with E-state index in [1.807, 2.05) is 12.1 Å². The molecule has 0 heterocycles. The highest BCUT2D eigenvalue weighted by Gasteiger charge is 2.22. The Morgan fingerprint density at radius 2 is 2.05 bits per heavy atom. The Kier molecular flexibility index (Phi) is 3.48. The van der Waals surface area contributed by atoms with Gasteiger partial charge in [0.15, 0.2) is 0 Å². The predicted molar refractivity (Wildman–Crippen MR) is 80.3 cm³/mol. The third-order valence-corrected chi connectivity index (χ3v) is 3.72. The molecule has 3 rings (SSSR count). The molecule has 0 fully saturated rings. The molecule has 5 nitrogen and oxygen atoms in total. The zero-order chi connectivity index (χ0) is 14.8. The van der Waals surface area contributed by atoms with Crippen molar-refractivity contribution in [2.75, 3.05) is 5.73 Å². The van der Waals surface area contributed by atoms with Gasteiger partial charge in [0.1, 0.15) is 11.9 Å². The molecule has 1 aliphatic rings. The van der Waals surface area contributed by atoms with Gasteiger partial charge in [0.2, 0.25) is 0 Å². The van der Waals surface area contributed by atoms with Crippen LogP contribution in [0.2, 0.25) is 0 Å². The molecule has 0 aromatic heterocycles. The first kappa shape index (κ1) is 13.4. The van der Waals surface area contributed by atoms with E-state index in [0.717, 1.165) is 24.8 Å². The molecule has 1 atom stereocenters. The Bertz CT molecular complexity index is 685. The summed E-state index contributed by atoms with van der Waals surface area (Å²) in [5.41, 5.74) is 8.45. The number of nitrogens with zero attached hydrogens (tertiary/aromatic N) is 1. The molecule has 0 radical (unpaired) electrons. The number of rotatable bonds is 3. The van der Waals surface area contributed by atoms with Crippen LogP contribution in [0.25, 0.3) is 0 Å². The molecule has 1 unspecified atom stereocenters. The smallest absolute Gasteiger partial charge is 0.275 e. The van der Waals surface area contributed by atoms with E-state index in [9.17, 15) is 10.1 Å². The zero-order valence-electron chi connectivity index (χ0n) is 11.5. The molecule has 21 heavy (non-hydrogen) atoms. The molecule has 2 N–H and O–H groups in total. The van der Waals surface area contributed by atoms with Gasteiger partial charge in [0.05, 0.1) is 11.0 Å². The molecule has 108 valence electrons. The monoisotopic (exact) mass is 284 g/mol. The summed E-state index contributed by atoms with van der Waals surface area (Å²) in [5.74, 6) is 0.448. The molecule has 0 saturated carbocycles. The Labute approximate surface area is 122 Å². The average Bonchev–Trinajstić information content (AvgIpc) is 2.47. The molecule has 2 aromatic rings. The summed E-state index contributed by atoms with van der Waals surface area (Å²) in [7, 11) is 0. The standard InChI is InChI=1S/C16H16N2O3/c17-12-8-13(18(19)20)10-14(9-12)21-16-7-3-5-11-4-1-2-6-15(11)16/h1-2,4,6,8-10,16H,3,5,7,17H2. The zero-order valence-corrected chi connectivity index (χ0v) is 11.5. The maximum absolute atomic E-state index is 10.9. The van der Waals surface area contributed by atoms with Gasteiger partial charge in [-0.25, -0.2) is 0 Å². The predicted octanol–water partition coefficient (Wildman–Crippen LogP) is 3.63. The quantitative estimate of drug-likeness (QED) is 0.530. The number of nitro groups is 1. The minimum atomic E-state index is -0.460. The number of nitro benzene ring substituents is 1. The van der Waals surface area contributed by atoms with Crippen molar-refractivity contribution in [1.29, 1.82) is 0 Å². The highest BCUT2D eigenvalue weighted by Crippen LogP contribution is 2.35. The first-order chi connectivity index (χ1) is 10.1. The largest absolute Gasteiger partial charge is 0.485 e. The van der Waals surface area contributed by atoms with Gasteiger partial charge in [-0.1, -0.05) is 24.3 Å². The number of nitrogens with two attached hydrogens (primary N) is 1.